The highest BCUT2D eigenvalue weighted by Crippen LogP contribution is 2.38. The van der Waals surface area contributed by atoms with Crippen LogP contribution >= 0.6 is 0 Å². The van der Waals surface area contributed by atoms with E-state index in [4.69, 9.17) is 4.98 Å². The van der Waals surface area contributed by atoms with Crippen LogP contribution in [0.3, 0.4) is 0 Å². The lowest BCUT2D eigenvalue weighted by molar-refractivity contribution is 0.112. The monoisotopic (exact) mass is 337 g/mol. The SMILES string of the molecule is CC(C)c1nc2c(c(-c3ccc(F)cc3)c1C=O)CCn1nnnc1-2. The molecule has 0 saturated heterocycles. The van der Waals surface area contributed by atoms with Crippen molar-refractivity contribution in [2.75, 3.05) is 0 Å². The number of hydrogen-bond donors (Lipinski definition) is 0. The fourth-order valence-corrected chi connectivity index (χ4v) is 3.33. The summed E-state index contributed by atoms with van der Waals surface area (Å²) < 4.78 is 15.1. The van der Waals surface area contributed by atoms with Crippen LogP contribution in [0.1, 0.15) is 41.4 Å². The molecule has 7 heteroatoms. The number of pyridine rings is 1. The standard InChI is InChI=1S/C18H16FN5O/c1-10(2)16-14(9-25)15(11-3-5-12(19)6-4-11)13-7-8-24-18(17(13)20-16)21-22-23-24/h3-6,9-10H,7-8H2,1-2H3. The lowest BCUT2D eigenvalue weighted by Crippen LogP contribution is -2.18. The molecule has 0 bridgehead atoms. The molecule has 0 amide bonds. The lowest BCUT2D eigenvalue weighted by atomic mass is 9.87. The van der Waals surface area contributed by atoms with E-state index < -0.39 is 0 Å². The van der Waals surface area contributed by atoms with E-state index in [9.17, 15) is 9.18 Å². The van der Waals surface area contributed by atoms with E-state index in [1.165, 1.54) is 12.1 Å². The fourth-order valence-electron chi connectivity index (χ4n) is 3.33. The molecule has 1 aromatic carbocycles. The van der Waals surface area contributed by atoms with Crippen molar-refractivity contribution in [2.45, 2.75) is 32.7 Å². The Labute approximate surface area is 143 Å². The van der Waals surface area contributed by atoms with Crippen molar-refractivity contribution in [3.05, 3.63) is 46.9 Å². The molecule has 0 aliphatic carbocycles. The molecule has 6 nitrogen and oxygen atoms in total. The summed E-state index contributed by atoms with van der Waals surface area (Å²) in [4.78, 5) is 16.6. The number of rotatable bonds is 3. The number of hydrogen-bond acceptors (Lipinski definition) is 5. The second-order valence-corrected chi connectivity index (χ2v) is 6.37. The number of aldehydes is 1. The van der Waals surface area contributed by atoms with Gasteiger partial charge in [-0.3, -0.25) is 4.79 Å². The number of benzene rings is 1. The van der Waals surface area contributed by atoms with Crippen LogP contribution in [-0.2, 0) is 13.0 Å². The lowest BCUT2D eigenvalue weighted by Gasteiger charge is -2.23. The van der Waals surface area contributed by atoms with Crippen LogP contribution < -0.4 is 0 Å². The van der Waals surface area contributed by atoms with E-state index in [-0.39, 0.29) is 11.7 Å². The van der Waals surface area contributed by atoms with E-state index in [1.54, 1.807) is 16.8 Å². The van der Waals surface area contributed by atoms with Crippen molar-refractivity contribution < 1.29 is 9.18 Å². The minimum Gasteiger partial charge on any atom is -0.298 e. The van der Waals surface area contributed by atoms with Crippen molar-refractivity contribution >= 4 is 6.29 Å². The third kappa shape index (κ3) is 2.43. The van der Waals surface area contributed by atoms with Crippen LogP contribution in [0.5, 0.6) is 0 Å². The summed E-state index contributed by atoms with van der Waals surface area (Å²) in [6.45, 7) is 4.59. The number of aryl methyl sites for hydroxylation is 1. The highest BCUT2D eigenvalue weighted by Gasteiger charge is 2.28. The maximum atomic E-state index is 13.4. The molecule has 3 heterocycles. The molecule has 1 aliphatic rings. The van der Waals surface area contributed by atoms with Crippen LogP contribution in [-0.4, -0.2) is 31.5 Å². The summed E-state index contributed by atoms with van der Waals surface area (Å²) in [6.07, 6.45) is 1.51. The van der Waals surface area contributed by atoms with Gasteiger partial charge in [0.2, 0.25) is 5.82 Å². The second kappa shape index (κ2) is 5.84. The topological polar surface area (TPSA) is 73.6 Å². The van der Waals surface area contributed by atoms with E-state index in [0.717, 1.165) is 23.0 Å². The number of halogens is 1. The van der Waals surface area contributed by atoms with Crippen LogP contribution in [0.25, 0.3) is 22.6 Å². The van der Waals surface area contributed by atoms with Crippen molar-refractivity contribution in [3.63, 3.8) is 0 Å². The summed E-state index contributed by atoms with van der Waals surface area (Å²) in [5, 5.41) is 11.8. The van der Waals surface area contributed by atoms with Crippen molar-refractivity contribution in [1.82, 2.24) is 25.2 Å². The number of tetrazole rings is 1. The van der Waals surface area contributed by atoms with Crippen molar-refractivity contribution in [2.24, 2.45) is 0 Å². The van der Waals surface area contributed by atoms with Gasteiger partial charge in [0.25, 0.3) is 0 Å². The summed E-state index contributed by atoms with van der Waals surface area (Å²) in [5.74, 6) is 0.340. The maximum Gasteiger partial charge on any atom is 0.200 e. The zero-order chi connectivity index (χ0) is 17.6. The fraction of sp³-hybridized carbons (Fsp3) is 0.278. The van der Waals surface area contributed by atoms with Gasteiger partial charge in [-0.15, -0.1) is 5.10 Å². The molecular formula is C18H16FN5O. The summed E-state index contributed by atoms with van der Waals surface area (Å²) in [7, 11) is 0. The molecule has 4 rings (SSSR count). The quantitative estimate of drug-likeness (QED) is 0.687. The molecule has 0 unspecified atom stereocenters. The predicted molar refractivity (Wildman–Crippen MR) is 89.6 cm³/mol. The van der Waals surface area contributed by atoms with E-state index >= 15 is 0 Å². The molecule has 0 atom stereocenters. The molecule has 0 fully saturated rings. The van der Waals surface area contributed by atoms with Gasteiger partial charge >= 0.3 is 0 Å². The number of carbonyl (C=O) groups is 1. The molecule has 0 radical (unpaired) electrons. The summed E-state index contributed by atoms with van der Waals surface area (Å²) >= 11 is 0. The third-order valence-electron chi connectivity index (χ3n) is 4.48. The Morgan fingerprint density at radius 1 is 1.24 bits per heavy atom. The van der Waals surface area contributed by atoms with E-state index in [1.807, 2.05) is 13.8 Å². The Hall–Kier alpha value is -2.96. The zero-order valence-corrected chi connectivity index (χ0v) is 13.9. The molecule has 0 saturated carbocycles. The minimum absolute atomic E-state index is 0.0518. The Balaban J connectivity index is 2.08. The summed E-state index contributed by atoms with van der Waals surface area (Å²) in [5.41, 5.74) is 4.49. The zero-order valence-electron chi connectivity index (χ0n) is 13.9. The first-order valence-electron chi connectivity index (χ1n) is 8.14. The molecule has 2 aromatic heterocycles. The molecule has 3 aromatic rings. The van der Waals surface area contributed by atoms with Crippen LogP contribution in [0.2, 0.25) is 0 Å². The Morgan fingerprint density at radius 2 is 2.00 bits per heavy atom. The first kappa shape index (κ1) is 15.6. The molecule has 1 aliphatic heterocycles. The largest absolute Gasteiger partial charge is 0.298 e. The number of nitrogens with zero attached hydrogens (tertiary/aromatic N) is 5. The first-order chi connectivity index (χ1) is 12.1. The third-order valence-corrected chi connectivity index (χ3v) is 4.48. The van der Waals surface area contributed by atoms with E-state index in [0.29, 0.717) is 35.7 Å². The van der Waals surface area contributed by atoms with Gasteiger partial charge in [-0.2, -0.15) is 0 Å². The van der Waals surface area contributed by atoms with Gasteiger partial charge in [0.1, 0.15) is 11.5 Å². The average molecular weight is 337 g/mol. The smallest absolute Gasteiger partial charge is 0.200 e. The Bertz CT molecular complexity index is 962. The van der Waals surface area contributed by atoms with Crippen LogP contribution in [0.4, 0.5) is 4.39 Å². The van der Waals surface area contributed by atoms with Gasteiger partial charge in [-0.25, -0.2) is 14.1 Å². The molecular weight excluding hydrogens is 321 g/mol. The number of fused-ring (bicyclic) bond motifs is 3. The first-order valence-corrected chi connectivity index (χ1v) is 8.14. The molecule has 0 N–H and O–H groups in total. The van der Waals surface area contributed by atoms with Crippen LogP contribution in [0.15, 0.2) is 24.3 Å². The minimum atomic E-state index is -0.313. The van der Waals surface area contributed by atoms with Gasteiger partial charge in [-0.1, -0.05) is 26.0 Å². The van der Waals surface area contributed by atoms with Gasteiger partial charge < -0.3 is 0 Å². The van der Waals surface area contributed by atoms with Crippen molar-refractivity contribution in [3.8, 4) is 22.6 Å². The second-order valence-electron chi connectivity index (χ2n) is 6.37. The normalized spacial score (nSPS) is 12.8. The van der Waals surface area contributed by atoms with E-state index in [2.05, 4.69) is 15.5 Å². The van der Waals surface area contributed by atoms with Crippen LogP contribution in [0, 0.1) is 5.82 Å². The van der Waals surface area contributed by atoms with Gasteiger partial charge in [0.15, 0.2) is 6.29 Å². The Kier molecular flexibility index (Phi) is 3.63. The summed E-state index contributed by atoms with van der Waals surface area (Å²) in [6, 6.07) is 6.19. The van der Waals surface area contributed by atoms with Crippen molar-refractivity contribution in [1.29, 1.82) is 0 Å². The maximum absolute atomic E-state index is 13.4. The Morgan fingerprint density at radius 3 is 2.68 bits per heavy atom. The van der Waals surface area contributed by atoms with Gasteiger partial charge in [-0.05, 0) is 51.6 Å². The molecule has 0 spiro atoms. The molecule has 126 valence electrons. The van der Waals surface area contributed by atoms with Gasteiger partial charge in [0.05, 0.1) is 5.69 Å². The number of aromatic nitrogens is 5. The highest BCUT2D eigenvalue weighted by atomic mass is 19.1. The number of carbonyl (C=O) groups excluding carboxylic acids is 1. The van der Waals surface area contributed by atoms with Gasteiger partial charge in [0, 0.05) is 12.1 Å². The average Bonchev–Trinajstić information content (AvgIpc) is 3.09. The highest BCUT2D eigenvalue weighted by molar-refractivity contribution is 5.93. The molecule has 25 heavy (non-hydrogen) atoms. The predicted octanol–water partition coefficient (Wildman–Crippen LogP) is 3.03.